The number of hydrogen-bond acceptors (Lipinski definition) is 0. The molecule has 0 spiro atoms. The van der Waals surface area contributed by atoms with Crippen molar-refractivity contribution in [2.24, 2.45) is 5.92 Å². The first-order valence-corrected chi connectivity index (χ1v) is 8.83. The molecule has 0 atom stereocenters. The summed E-state index contributed by atoms with van der Waals surface area (Å²) in [6.45, 7) is 2.24. The molecular formula is C21H23F3. The molecule has 128 valence electrons. The largest absolute Gasteiger partial charge is 0.204 e. The normalized spacial score (nSPS) is 21.0. The van der Waals surface area contributed by atoms with Gasteiger partial charge in [-0.3, -0.25) is 0 Å². The molecular weight excluding hydrogens is 309 g/mol. The van der Waals surface area contributed by atoms with Gasteiger partial charge in [0.1, 0.15) is 0 Å². The molecule has 1 aliphatic rings. The Morgan fingerprint density at radius 2 is 1.42 bits per heavy atom. The van der Waals surface area contributed by atoms with Crippen LogP contribution in [0.5, 0.6) is 0 Å². The van der Waals surface area contributed by atoms with Crippen molar-refractivity contribution in [3.63, 3.8) is 0 Å². The van der Waals surface area contributed by atoms with Crippen molar-refractivity contribution >= 4 is 0 Å². The minimum Gasteiger partial charge on any atom is -0.204 e. The Hall–Kier alpha value is -1.77. The molecule has 24 heavy (non-hydrogen) atoms. The molecule has 0 radical (unpaired) electrons. The molecule has 0 unspecified atom stereocenters. The first-order valence-electron chi connectivity index (χ1n) is 8.83. The van der Waals surface area contributed by atoms with Crippen LogP contribution < -0.4 is 0 Å². The highest BCUT2D eigenvalue weighted by Crippen LogP contribution is 2.38. The maximum Gasteiger partial charge on any atom is 0.194 e. The van der Waals surface area contributed by atoms with Crippen molar-refractivity contribution in [2.75, 3.05) is 0 Å². The lowest BCUT2D eigenvalue weighted by Crippen LogP contribution is -2.13. The van der Waals surface area contributed by atoms with E-state index in [1.54, 1.807) is 0 Å². The van der Waals surface area contributed by atoms with E-state index in [9.17, 15) is 13.2 Å². The van der Waals surface area contributed by atoms with Gasteiger partial charge in [0.05, 0.1) is 0 Å². The van der Waals surface area contributed by atoms with Crippen LogP contribution in [0.3, 0.4) is 0 Å². The van der Waals surface area contributed by atoms with Crippen molar-refractivity contribution in [1.29, 1.82) is 0 Å². The van der Waals surface area contributed by atoms with Gasteiger partial charge < -0.3 is 0 Å². The summed E-state index contributed by atoms with van der Waals surface area (Å²) < 4.78 is 39.8. The molecule has 0 saturated heterocycles. The van der Waals surface area contributed by atoms with Gasteiger partial charge in [0.2, 0.25) is 0 Å². The zero-order valence-corrected chi connectivity index (χ0v) is 14.0. The molecule has 0 amide bonds. The molecule has 0 heterocycles. The first-order chi connectivity index (χ1) is 11.6. The van der Waals surface area contributed by atoms with Crippen LogP contribution >= 0.6 is 0 Å². The third kappa shape index (κ3) is 3.66. The molecule has 2 aromatic carbocycles. The first kappa shape index (κ1) is 17.1. The van der Waals surface area contributed by atoms with Crippen molar-refractivity contribution in [1.82, 2.24) is 0 Å². The van der Waals surface area contributed by atoms with Gasteiger partial charge in [-0.25, -0.2) is 13.2 Å². The van der Waals surface area contributed by atoms with Crippen LogP contribution in [-0.4, -0.2) is 0 Å². The second-order valence-corrected chi connectivity index (χ2v) is 6.88. The number of rotatable bonds is 4. The molecule has 0 bridgehead atoms. The minimum atomic E-state index is -1.42. The van der Waals surface area contributed by atoms with E-state index in [0.29, 0.717) is 17.0 Å². The van der Waals surface area contributed by atoms with E-state index in [2.05, 4.69) is 6.92 Å². The molecule has 0 aromatic heterocycles. The predicted molar refractivity (Wildman–Crippen MR) is 91.4 cm³/mol. The third-order valence-corrected chi connectivity index (χ3v) is 5.24. The van der Waals surface area contributed by atoms with Gasteiger partial charge in [-0.05, 0) is 66.3 Å². The lowest BCUT2D eigenvalue weighted by molar-refractivity contribution is 0.308. The average Bonchev–Trinajstić information content (AvgIpc) is 2.60. The summed E-state index contributed by atoms with van der Waals surface area (Å²) in [4.78, 5) is 0. The van der Waals surface area contributed by atoms with E-state index in [-0.39, 0.29) is 0 Å². The molecule has 1 fully saturated rings. The predicted octanol–water partition coefficient (Wildman–Crippen LogP) is 6.84. The van der Waals surface area contributed by atoms with Gasteiger partial charge in [-0.15, -0.1) is 0 Å². The van der Waals surface area contributed by atoms with E-state index in [1.807, 2.05) is 24.3 Å². The van der Waals surface area contributed by atoms with Gasteiger partial charge in [-0.2, -0.15) is 0 Å². The zero-order valence-electron chi connectivity index (χ0n) is 14.0. The zero-order chi connectivity index (χ0) is 17.1. The van der Waals surface area contributed by atoms with Crippen molar-refractivity contribution in [3.05, 3.63) is 59.4 Å². The van der Waals surface area contributed by atoms with Gasteiger partial charge in [0, 0.05) is 0 Å². The fraction of sp³-hybridized carbons (Fsp3) is 0.429. The van der Waals surface area contributed by atoms with Gasteiger partial charge >= 0.3 is 0 Å². The number of halogens is 3. The molecule has 1 aliphatic carbocycles. The van der Waals surface area contributed by atoms with Crippen LogP contribution in [0.1, 0.15) is 56.9 Å². The Bertz CT molecular complexity index is 660. The van der Waals surface area contributed by atoms with Crippen LogP contribution in [0, 0.1) is 23.4 Å². The summed E-state index contributed by atoms with van der Waals surface area (Å²) in [5.74, 6) is -2.27. The summed E-state index contributed by atoms with van der Waals surface area (Å²) in [5.41, 5.74) is 2.36. The fourth-order valence-corrected chi connectivity index (χ4v) is 3.86. The Labute approximate surface area is 141 Å². The number of benzene rings is 2. The molecule has 0 aliphatic heterocycles. The highest BCUT2D eigenvalue weighted by atomic mass is 19.2. The highest BCUT2D eigenvalue weighted by molar-refractivity contribution is 5.64. The summed E-state index contributed by atoms with van der Waals surface area (Å²) in [6, 6.07) is 9.92. The van der Waals surface area contributed by atoms with E-state index < -0.39 is 17.5 Å². The highest BCUT2D eigenvalue weighted by Gasteiger charge is 2.21. The van der Waals surface area contributed by atoms with Gasteiger partial charge in [0.25, 0.3) is 0 Å². The van der Waals surface area contributed by atoms with E-state index in [4.69, 9.17) is 0 Å². The molecule has 2 aromatic rings. The molecule has 0 nitrogen and oxygen atoms in total. The third-order valence-electron chi connectivity index (χ3n) is 5.24. The minimum absolute atomic E-state index is 0.365. The smallest absolute Gasteiger partial charge is 0.194 e. The van der Waals surface area contributed by atoms with Crippen LogP contribution in [0.15, 0.2) is 36.4 Å². The van der Waals surface area contributed by atoms with E-state index in [0.717, 1.165) is 18.1 Å². The summed E-state index contributed by atoms with van der Waals surface area (Å²) in [5, 5.41) is 0. The molecule has 3 rings (SSSR count). The molecule has 3 heteroatoms. The van der Waals surface area contributed by atoms with Crippen LogP contribution in [0.2, 0.25) is 0 Å². The Morgan fingerprint density at radius 1 is 0.833 bits per heavy atom. The Balaban J connectivity index is 1.72. The topological polar surface area (TPSA) is 0 Å². The SMILES string of the molecule is CCC[C@H]1CC[C@H](c2ccc(-c3cc(F)c(F)c(F)c3)cc2)CC1. The quantitative estimate of drug-likeness (QED) is 0.537. The molecule has 0 N–H and O–H groups in total. The van der Waals surface area contributed by atoms with Crippen molar-refractivity contribution in [2.45, 2.75) is 51.4 Å². The second-order valence-electron chi connectivity index (χ2n) is 6.88. The Kier molecular flexibility index (Phi) is 5.27. The average molecular weight is 332 g/mol. The fourth-order valence-electron chi connectivity index (χ4n) is 3.86. The monoisotopic (exact) mass is 332 g/mol. The van der Waals surface area contributed by atoms with E-state index >= 15 is 0 Å². The number of hydrogen-bond donors (Lipinski definition) is 0. The van der Waals surface area contributed by atoms with Crippen LogP contribution in [0.25, 0.3) is 11.1 Å². The van der Waals surface area contributed by atoms with E-state index in [1.165, 1.54) is 44.1 Å². The lowest BCUT2D eigenvalue weighted by atomic mass is 9.77. The summed E-state index contributed by atoms with van der Waals surface area (Å²) >= 11 is 0. The van der Waals surface area contributed by atoms with Crippen LogP contribution in [-0.2, 0) is 0 Å². The maximum absolute atomic E-state index is 13.4. The second kappa shape index (κ2) is 7.42. The molecule has 1 saturated carbocycles. The van der Waals surface area contributed by atoms with Crippen molar-refractivity contribution in [3.8, 4) is 11.1 Å². The van der Waals surface area contributed by atoms with Crippen LogP contribution in [0.4, 0.5) is 13.2 Å². The lowest BCUT2D eigenvalue weighted by Gasteiger charge is -2.28. The Morgan fingerprint density at radius 3 is 1.96 bits per heavy atom. The standard InChI is InChI=1S/C21H23F3/c1-2-3-14-4-6-15(7-5-14)16-8-10-17(11-9-16)18-12-19(22)21(24)20(23)13-18/h8-15H,2-7H2,1H3/t14-,15-. The summed E-state index contributed by atoms with van der Waals surface area (Å²) in [7, 11) is 0. The van der Waals surface area contributed by atoms with Crippen molar-refractivity contribution < 1.29 is 13.2 Å². The maximum atomic E-state index is 13.4. The van der Waals surface area contributed by atoms with Gasteiger partial charge in [0.15, 0.2) is 17.5 Å². The summed E-state index contributed by atoms with van der Waals surface area (Å²) in [6.07, 6.45) is 7.58. The van der Waals surface area contributed by atoms with Gasteiger partial charge in [-0.1, -0.05) is 44.0 Å².